The standard InChI is InChI=1S/C6H8N2O7P/c9-5-7(1-3-12-5)14-16(11)15-8-2-4-13-6(8)10/h1-4H2. The molecule has 0 unspecified atom stereocenters. The van der Waals surface area contributed by atoms with Crippen molar-refractivity contribution in [1.29, 1.82) is 0 Å². The van der Waals surface area contributed by atoms with Crippen LogP contribution in [-0.4, -0.2) is 48.6 Å². The van der Waals surface area contributed by atoms with Gasteiger partial charge in [0.05, 0.1) is 13.1 Å². The van der Waals surface area contributed by atoms with Gasteiger partial charge in [-0.15, -0.1) is 0 Å². The van der Waals surface area contributed by atoms with Gasteiger partial charge in [-0.05, 0) is 0 Å². The van der Waals surface area contributed by atoms with Gasteiger partial charge in [0.1, 0.15) is 13.2 Å². The number of ether oxygens (including phenoxy) is 2. The summed E-state index contributed by atoms with van der Waals surface area (Å²) in [5.41, 5.74) is 0. The van der Waals surface area contributed by atoms with Crippen LogP contribution in [0.15, 0.2) is 0 Å². The third kappa shape index (κ3) is 2.38. The molecule has 2 fully saturated rings. The fourth-order valence-corrected chi connectivity index (χ4v) is 1.73. The average Bonchev–Trinajstić information content (AvgIpc) is 2.79. The molecule has 2 heterocycles. The van der Waals surface area contributed by atoms with Crippen molar-refractivity contribution in [3.05, 3.63) is 0 Å². The summed E-state index contributed by atoms with van der Waals surface area (Å²) in [6.45, 7) is 0.642. The molecule has 89 valence electrons. The van der Waals surface area contributed by atoms with Gasteiger partial charge in [-0.3, -0.25) is 0 Å². The van der Waals surface area contributed by atoms with Gasteiger partial charge >= 0.3 is 20.4 Å². The van der Waals surface area contributed by atoms with Gasteiger partial charge in [-0.2, -0.15) is 19.4 Å². The fraction of sp³-hybridized carbons (Fsp3) is 0.667. The lowest BCUT2D eigenvalue weighted by Gasteiger charge is -2.13. The number of amides is 2. The van der Waals surface area contributed by atoms with E-state index in [9.17, 15) is 14.2 Å². The van der Waals surface area contributed by atoms with E-state index in [1.807, 2.05) is 0 Å². The fourth-order valence-electron chi connectivity index (χ4n) is 1.08. The molecule has 16 heavy (non-hydrogen) atoms. The Morgan fingerprint density at radius 3 is 1.75 bits per heavy atom. The Labute approximate surface area is 90.6 Å². The highest BCUT2D eigenvalue weighted by molar-refractivity contribution is 7.33. The van der Waals surface area contributed by atoms with Crippen LogP contribution in [0.25, 0.3) is 0 Å². The second-order valence-corrected chi connectivity index (χ2v) is 3.59. The lowest BCUT2D eigenvalue weighted by molar-refractivity contribution is -0.0570. The van der Waals surface area contributed by atoms with Crippen LogP contribution in [0.5, 0.6) is 0 Å². The smallest absolute Gasteiger partial charge is 0.434 e. The molecule has 2 amide bonds. The molecule has 0 bridgehead atoms. The quantitative estimate of drug-likeness (QED) is 0.667. The van der Waals surface area contributed by atoms with Crippen LogP contribution in [0.3, 0.4) is 0 Å². The summed E-state index contributed by atoms with van der Waals surface area (Å²) in [5.74, 6) is 0. The first kappa shape index (κ1) is 11.1. The molecule has 1 radical (unpaired) electrons. The third-order valence-electron chi connectivity index (χ3n) is 1.78. The molecule has 0 aromatic carbocycles. The highest BCUT2D eigenvalue weighted by Crippen LogP contribution is 2.29. The van der Waals surface area contributed by atoms with Crippen LogP contribution in [0.1, 0.15) is 0 Å². The van der Waals surface area contributed by atoms with Gasteiger partial charge in [-0.25, -0.2) is 14.2 Å². The Balaban J connectivity index is 1.79. The van der Waals surface area contributed by atoms with Crippen molar-refractivity contribution >= 4 is 20.4 Å². The van der Waals surface area contributed by atoms with E-state index in [0.29, 0.717) is 0 Å². The van der Waals surface area contributed by atoms with Gasteiger partial charge in [0, 0.05) is 0 Å². The number of carbonyl (C=O) groups excluding carboxylic acids is 2. The molecule has 0 aromatic heterocycles. The first-order valence-corrected chi connectivity index (χ1v) is 5.48. The van der Waals surface area contributed by atoms with Crippen molar-refractivity contribution in [3.63, 3.8) is 0 Å². The number of hydrogen-bond acceptors (Lipinski definition) is 7. The van der Waals surface area contributed by atoms with Crippen LogP contribution in [0, 0.1) is 0 Å². The molecule has 2 aliphatic rings. The van der Waals surface area contributed by atoms with E-state index >= 15 is 0 Å². The van der Waals surface area contributed by atoms with E-state index in [2.05, 4.69) is 18.7 Å². The molecule has 0 aliphatic carbocycles. The normalized spacial score (nSPS) is 20.0. The number of hydrogen-bond donors (Lipinski definition) is 0. The second kappa shape index (κ2) is 4.60. The molecule has 2 saturated heterocycles. The largest absolute Gasteiger partial charge is 0.446 e. The molecule has 9 nitrogen and oxygen atoms in total. The molecule has 0 atom stereocenters. The lowest BCUT2D eigenvalue weighted by Crippen LogP contribution is -2.25. The molecular weight excluding hydrogens is 243 g/mol. The third-order valence-corrected chi connectivity index (χ3v) is 2.44. The van der Waals surface area contributed by atoms with Crippen molar-refractivity contribution < 1.29 is 32.9 Å². The number of cyclic esters (lactones) is 2. The minimum atomic E-state index is -2.66. The molecular formula is C6H8N2O7P. The predicted octanol–water partition coefficient (Wildman–Crippen LogP) is 0.411. The Hall–Kier alpha value is -1.44. The van der Waals surface area contributed by atoms with E-state index in [4.69, 9.17) is 0 Å². The first-order valence-electron chi connectivity index (χ1n) is 4.39. The SMILES string of the molecule is O=C1OCCN1O[P](=O)ON1CCOC1=O. The molecule has 2 aliphatic heterocycles. The van der Waals surface area contributed by atoms with Crippen molar-refractivity contribution in [1.82, 2.24) is 10.1 Å². The predicted molar refractivity (Wildman–Crippen MR) is 45.9 cm³/mol. The molecule has 0 spiro atoms. The van der Waals surface area contributed by atoms with Crippen LogP contribution in [0.4, 0.5) is 9.59 Å². The summed E-state index contributed by atoms with van der Waals surface area (Å²) in [6.07, 6.45) is -1.48. The average molecular weight is 251 g/mol. The number of rotatable bonds is 4. The zero-order valence-corrected chi connectivity index (χ0v) is 8.92. The van der Waals surface area contributed by atoms with Crippen molar-refractivity contribution in [2.24, 2.45) is 0 Å². The number of carbonyl (C=O) groups is 2. The zero-order valence-electron chi connectivity index (χ0n) is 8.03. The summed E-state index contributed by atoms with van der Waals surface area (Å²) in [4.78, 5) is 21.8. The molecule has 2 rings (SSSR count). The summed E-state index contributed by atoms with van der Waals surface area (Å²) >= 11 is 0. The van der Waals surface area contributed by atoms with Crippen LogP contribution >= 0.6 is 8.25 Å². The number of nitrogens with zero attached hydrogens (tertiary/aromatic N) is 2. The first-order chi connectivity index (χ1) is 7.66. The topological polar surface area (TPSA) is 94.6 Å². The highest BCUT2D eigenvalue weighted by Gasteiger charge is 2.30. The highest BCUT2D eigenvalue weighted by atomic mass is 31.1. The van der Waals surface area contributed by atoms with Gasteiger partial charge in [0.15, 0.2) is 0 Å². The van der Waals surface area contributed by atoms with E-state index < -0.39 is 20.4 Å². The maximum Gasteiger partial charge on any atom is 0.434 e. The van der Waals surface area contributed by atoms with E-state index in [1.54, 1.807) is 0 Å². The Bertz CT molecular complexity index is 305. The summed E-state index contributed by atoms with van der Waals surface area (Å²) < 4.78 is 29.6. The zero-order chi connectivity index (χ0) is 11.5. The lowest BCUT2D eigenvalue weighted by atomic mass is 10.7. The van der Waals surface area contributed by atoms with Crippen molar-refractivity contribution in [3.8, 4) is 0 Å². The second-order valence-electron chi connectivity index (χ2n) is 2.82. The van der Waals surface area contributed by atoms with Crippen LogP contribution in [0.2, 0.25) is 0 Å². The number of hydroxylamine groups is 4. The molecule has 0 aromatic rings. The minimum Gasteiger partial charge on any atom is -0.446 e. The van der Waals surface area contributed by atoms with E-state index in [-0.39, 0.29) is 26.3 Å². The van der Waals surface area contributed by atoms with Gasteiger partial charge in [0.2, 0.25) is 0 Å². The molecule has 0 N–H and O–H groups in total. The Kier molecular flexibility index (Phi) is 3.18. The summed E-state index contributed by atoms with van der Waals surface area (Å²) in [7, 11) is -2.66. The van der Waals surface area contributed by atoms with Gasteiger partial charge in [-0.1, -0.05) is 0 Å². The maximum absolute atomic E-state index is 11.3. The molecule has 0 saturated carbocycles. The maximum atomic E-state index is 11.3. The summed E-state index contributed by atoms with van der Waals surface area (Å²) in [6, 6.07) is 0. The Morgan fingerprint density at radius 2 is 1.44 bits per heavy atom. The van der Waals surface area contributed by atoms with Gasteiger partial charge < -0.3 is 9.47 Å². The Morgan fingerprint density at radius 1 is 1.00 bits per heavy atom. The van der Waals surface area contributed by atoms with Crippen molar-refractivity contribution in [2.75, 3.05) is 26.3 Å². The molecule has 10 heteroatoms. The van der Waals surface area contributed by atoms with E-state index in [1.165, 1.54) is 0 Å². The van der Waals surface area contributed by atoms with Crippen molar-refractivity contribution in [2.45, 2.75) is 0 Å². The van der Waals surface area contributed by atoms with E-state index in [0.717, 1.165) is 10.1 Å². The van der Waals surface area contributed by atoms with Crippen LogP contribution in [-0.2, 0) is 23.3 Å². The van der Waals surface area contributed by atoms with Crippen LogP contribution < -0.4 is 0 Å². The summed E-state index contributed by atoms with van der Waals surface area (Å²) in [5, 5.41) is 1.53. The monoisotopic (exact) mass is 251 g/mol. The van der Waals surface area contributed by atoms with Gasteiger partial charge in [0.25, 0.3) is 0 Å². The minimum absolute atomic E-state index is 0.160.